The van der Waals surface area contributed by atoms with Gasteiger partial charge in [-0.2, -0.15) is 0 Å². The first kappa shape index (κ1) is 30.1. The van der Waals surface area contributed by atoms with Gasteiger partial charge in [-0.3, -0.25) is 19.2 Å². The SMILES string of the molecule is CC(C)(C)NC(=O)N[C@H](C(=O)N1C[C@H]2[C@@H]([C@H]1C(=O)CC(CC1CCC1)C(=O)C(N)=O)C2(Cl)Cl)C1CCCCC1. The van der Waals surface area contributed by atoms with Crippen molar-refractivity contribution in [1.29, 1.82) is 0 Å². The Morgan fingerprint density at radius 2 is 1.64 bits per heavy atom. The summed E-state index contributed by atoms with van der Waals surface area (Å²) in [4.78, 5) is 66.7. The molecule has 218 valence electrons. The number of fused-ring (bicyclic) bond motifs is 1. The summed E-state index contributed by atoms with van der Waals surface area (Å²) in [5.74, 6) is -3.77. The number of carbonyl (C=O) groups is 5. The van der Waals surface area contributed by atoms with Gasteiger partial charge in [-0.1, -0.05) is 38.5 Å². The lowest BCUT2D eigenvalue weighted by Crippen LogP contribution is -2.59. The van der Waals surface area contributed by atoms with Crippen molar-refractivity contribution in [2.75, 3.05) is 6.54 Å². The van der Waals surface area contributed by atoms with Crippen molar-refractivity contribution in [2.45, 2.75) is 107 Å². The van der Waals surface area contributed by atoms with E-state index in [1.165, 1.54) is 4.90 Å². The number of nitrogens with two attached hydrogens (primary N) is 1. The molecule has 0 spiro atoms. The van der Waals surface area contributed by atoms with E-state index in [1.807, 2.05) is 20.8 Å². The zero-order valence-corrected chi connectivity index (χ0v) is 24.7. The van der Waals surface area contributed by atoms with Crippen LogP contribution in [0.25, 0.3) is 0 Å². The van der Waals surface area contributed by atoms with Crippen molar-refractivity contribution in [1.82, 2.24) is 15.5 Å². The number of urea groups is 1. The highest BCUT2D eigenvalue weighted by Crippen LogP contribution is 2.65. The molecule has 4 fully saturated rings. The summed E-state index contributed by atoms with van der Waals surface area (Å²) >= 11 is 13.0. The van der Waals surface area contributed by atoms with Gasteiger partial charge in [-0.15, -0.1) is 23.2 Å². The average molecular weight is 586 g/mol. The van der Waals surface area contributed by atoms with Crippen LogP contribution in [0.2, 0.25) is 0 Å². The number of nitrogens with zero attached hydrogens (tertiary/aromatic N) is 1. The number of likely N-dealkylation sites (tertiary alicyclic amines) is 1. The number of ketones is 2. The molecule has 39 heavy (non-hydrogen) atoms. The Morgan fingerprint density at radius 1 is 1.00 bits per heavy atom. The predicted molar refractivity (Wildman–Crippen MR) is 148 cm³/mol. The zero-order valence-electron chi connectivity index (χ0n) is 23.1. The smallest absolute Gasteiger partial charge is 0.315 e. The number of hydrogen-bond donors (Lipinski definition) is 3. The second-order valence-corrected chi connectivity index (χ2v) is 14.5. The first-order valence-corrected chi connectivity index (χ1v) is 15.1. The molecule has 1 unspecified atom stereocenters. The molecule has 0 aromatic rings. The molecule has 0 bridgehead atoms. The van der Waals surface area contributed by atoms with E-state index < -0.39 is 51.5 Å². The van der Waals surface area contributed by atoms with E-state index in [0.717, 1.165) is 51.4 Å². The van der Waals surface area contributed by atoms with Crippen LogP contribution < -0.4 is 16.4 Å². The van der Waals surface area contributed by atoms with Crippen molar-refractivity contribution in [3.05, 3.63) is 0 Å². The van der Waals surface area contributed by atoms with E-state index in [-0.39, 0.29) is 42.4 Å². The molecule has 4 aliphatic rings. The van der Waals surface area contributed by atoms with Gasteiger partial charge in [-0.05, 0) is 51.9 Å². The summed E-state index contributed by atoms with van der Waals surface area (Å²) < 4.78 is -1.13. The number of rotatable bonds is 10. The van der Waals surface area contributed by atoms with Crippen LogP contribution in [0.5, 0.6) is 0 Å². The Morgan fingerprint density at radius 3 is 2.18 bits per heavy atom. The maximum Gasteiger partial charge on any atom is 0.315 e. The predicted octanol–water partition coefficient (Wildman–Crippen LogP) is 3.48. The summed E-state index contributed by atoms with van der Waals surface area (Å²) in [5, 5.41) is 5.78. The van der Waals surface area contributed by atoms with Crippen molar-refractivity contribution in [3.8, 4) is 0 Å². The molecule has 1 heterocycles. The lowest BCUT2D eigenvalue weighted by Gasteiger charge is -2.37. The van der Waals surface area contributed by atoms with Crippen LogP contribution in [0.15, 0.2) is 0 Å². The fourth-order valence-corrected chi connectivity index (χ4v) is 7.55. The van der Waals surface area contributed by atoms with Gasteiger partial charge in [0.15, 0.2) is 5.78 Å². The number of primary amides is 1. The van der Waals surface area contributed by atoms with Crippen molar-refractivity contribution < 1.29 is 24.0 Å². The third kappa shape index (κ3) is 6.72. The van der Waals surface area contributed by atoms with E-state index in [9.17, 15) is 24.0 Å². The number of carbonyl (C=O) groups excluding carboxylic acids is 5. The highest BCUT2D eigenvalue weighted by atomic mass is 35.5. The van der Waals surface area contributed by atoms with Crippen LogP contribution in [0, 0.1) is 29.6 Å². The molecule has 4 N–H and O–H groups in total. The first-order chi connectivity index (χ1) is 18.2. The molecule has 11 heteroatoms. The molecule has 1 saturated heterocycles. The van der Waals surface area contributed by atoms with Gasteiger partial charge >= 0.3 is 6.03 Å². The minimum absolute atomic E-state index is 0.0517. The zero-order chi connectivity index (χ0) is 28.7. The highest BCUT2D eigenvalue weighted by Gasteiger charge is 2.73. The largest absolute Gasteiger partial charge is 0.363 e. The van der Waals surface area contributed by atoms with E-state index in [2.05, 4.69) is 10.6 Å². The molecule has 4 rings (SSSR count). The van der Waals surface area contributed by atoms with Crippen molar-refractivity contribution >= 4 is 52.6 Å². The number of piperidine rings is 1. The number of halogens is 2. The molecular formula is C28H42Cl2N4O5. The molecule has 3 saturated carbocycles. The maximum absolute atomic E-state index is 14.1. The Kier molecular flexibility index (Phi) is 8.91. The number of hydrogen-bond acceptors (Lipinski definition) is 5. The Labute approximate surface area is 240 Å². The third-order valence-electron chi connectivity index (χ3n) is 9.01. The van der Waals surface area contributed by atoms with Crippen molar-refractivity contribution in [2.24, 2.45) is 35.3 Å². The normalized spacial score (nSPS) is 28.0. The molecular weight excluding hydrogens is 543 g/mol. The molecule has 1 aliphatic heterocycles. The average Bonchev–Trinajstić information content (AvgIpc) is 3.15. The Hall–Kier alpha value is -1.87. The summed E-state index contributed by atoms with van der Waals surface area (Å²) in [6, 6.07) is -2.14. The van der Waals surface area contributed by atoms with Gasteiger partial charge < -0.3 is 21.3 Å². The number of amides is 4. The van der Waals surface area contributed by atoms with E-state index in [0.29, 0.717) is 6.42 Å². The summed E-state index contributed by atoms with van der Waals surface area (Å²) in [5.41, 5.74) is 4.83. The van der Waals surface area contributed by atoms with Crippen LogP contribution in [-0.4, -0.2) is 62.8 Å². The lowest BCUT2D eigenvalue weighted by molar-refractivity contribution is -0.143. The fourth-order valence-electron chi connectivity index (χ4n) is 6.73. The van der Waals surface area contributed by atoms with Gasteiger partial charge in [0.1, 0.15) is 10.4 Å². The molecule has 0 aromatic heterocycles. The van der Waals surface area contributed by atoms with Gasteiger partial charge in [0, 0.05) is 36.3 Å². The van der Waals surface area contributed by atoms with E-state index in [4.69, 9.17) is 28.9 Å². The first-order valence-electron chi connectivity index (χ1n) is 14.3. The number of alkyl halides is 2. The maximum atomic E-state index is 14.1. The topological polar surface area (TPSA) is 139 Å². The number of Topliss-reactive ketones (excluding diaryl/α,β-unsaturated/α-hetero) is 2. The van der Waals surface area contributed by atoms with E-state index in [1.54, 1.807) is 0 Å². The Bertz CT molecular complexity index is 1000. The molecule has 9 nitrogen and oxygen atoms in total. The summed E-state index contributed by atoms with van der Waals surface area (Å²) in [6.07, 6.45) is 7.82. The van der Waals surface area contributed by atoms with Gasteiger partial charge in [0.25, 0.3) is 5.91 Å². The third-order valence-corrected chi connectivity index (χ3v) is 10.1. The molecule has 5 atom stereocenters. The lowest BCUT2D eigenvalue weighted by atomic mass is 9.76. The van der Waals surface area contributed by atoms with Crippen LogP contribution in [0.1, 0.15) is 85.0 Å². The highest BCUT2D eigenvalue weighted by molar-refractivity contribution is 6.51. The fraction of sp³-hybridized carbons (Fsp3) is 0.821. The van der Waals surface area contributed by atoms with Crippen LogP contribution in [-0.2, 0) is 19.2 Å². The van der Waals surface area contributed by atoms with E-state index >= 15 is 0 Å². The quantitative estimate of drug-likeness (QED) is 0.266. The van der Waals surface area contributed by atoms with Crippen LogP contribution >= 0.6 is 23.2 Å². The summed E-state index contributed by atoms with van der Waals surface area (Å²) in [7, 11) is 0. The molecule has 0 aromatic carbocycles. The second-order valence-electron chi connectivity index (χ2n) is 13.1. The van der Waals surface area contributed by atoms with Crippen LogP contribution in [0.4, 0.5) is 4.79 Å². The monoisotopic (exact) mass is 584 g/mol. The molecule has 0 radical (unpaired) electrons. The molecule has 3 aliphatic carbocycles. The molecule has 4 amide bonds. The Balaban J connectivity index is 1.55. The van der Waals surface area contributed by atoms with Crippen molar-refractivity contribution in [3.63, 3.8) is 0 Å². The second kappa shape index (κ2) is 11.6. The van der Waals surface area contributed by atoms with Gasteiger partial charge in [-0.25, -0.2) is 4.79 Å². The van der Waals surface area contributed by atoms with Gasteiger partial charge in [0.2, 0.25) is 11.7 Å². The minimum atomic E-state index is -1.13. The number of nitrogens with one attached hydrogen (secondary N) is 2. The standard InChI is InChI=1S/C28H42Cl2N4O5/c1-27(2,3)33-26(39)32-21(16-10-5-4-6-11-16)25(38)34-14-18-20(28(18,29)30)22(34)19(35)13-17(23(36)24(31)37)12-15-8-7-9-15/h15-18,20-22H,4-14H2,1-3H3,(H2,31,37)(H2,32,33,39)/t17?,18-,20-,21-,22+/m0/s1. The van der Waals surface area contributed by atoms with Gasteiger partial charge in [0.05, 0.1) is 6.04 Å². The minimum Gasteiger partial charge on any atom is -0.363 e. The van der Waals surface area contributed by atoms with Crippen LogP contribution in [0.3, 0.4) is 0 Å². The summed E-state index contributed by atoms with van der Waals surface area (Å²) in [6.45, 7) is 5.79.